The smallest absolute Gasteiger partial charge is 0.335 e. The van der Waals surface area contributed by atoms with E-state index in [9.17, 15) is 9.90 Å². The van der Waals surface area contributed by atoms with E-state index in [2.05, 4.69) is 26.0 Å². The molecule has 2 atom stereocenters. The second-order valence-corrected chi connectivity index (χ2v) is 6.78. The average molecular weight is 324 g/mol. The fourth-order valence-corrected chi connectivity index (χ4v) is 3.41. The number of allylic oxidation sites excluding steroid dienone is 3. The quantitative estimate of drug-likeness (QED) is 0.459. The van der Waals surface area contributed by atoms with Crippen LogP contribution in [0.3, 0.4) is 0 Å². The highest BCUT2D eigenvalue weighted by atomic mass is 16.5. The highest BCUT2D eigenvalue weighted by Gasteiger charge is 2.38. The zero-order valence-corrected chi connectivity index (χ0v) is 14.3. The predicted molar refractivity (Wildman–Crippen MR) is 95.4 cm³/mol. The summed E-state index contributed by atoms with van der Waals surface area (Å²) in [5, 5.41) is 10.0. The first kappa shape index (κ1) is 16.6. The summed E-state index contributed by atoms with van der Waals surface area (Å²) >= 11 is 0. The molecular formula is C21H24O3. The summed E-state index contributed by atoms with van der Waals surface area (Å²) in [5.74, 6) is -0.0457. The van der Waals surface area contributed by atoms with Gasteiger partial charge < -0.3 is 9.84 Å². The van der Waals surface area contributed by atoms with Gasteiger partial charge >= 0.3 is 5.97 Å². The van der Waals surface area contributed by atoms with Gasteiger partial charge in [0.1, 0.15) is 11.9 Å². The maximum absolute atomic E-state index is 12.4. The van der Waals surface area contributed by atoms with Crippen LogP contribution >= 0.6 is 0 Å². The third-order valence-corrected chi connectivity index (χ3v) is 4.85. The Morgan fingerprint density at radius 2 is 1.96 bits per heavy atom. The van der Waals surface area contributed by atoms with Gasteiger partial charge in [0.15, 0.2) is 0 Å². The fraction of sp³-hybridized carbons (Fsp3) is 0.381. The lowest BCUT2D eigenvalue weighted by Gasteiger charge is -2.17. The van der Waals surface area contributed by atoms with Gasteiger partial charge in [-0.25, -0.2) is 4.79 Å². The van der Waals surface area contributed by atoms with Crippen molar-refractivity contribution in [3.63, 3.8) is 0 Å². The van der Waals surface area contributed by atoms with Crippen LogP contribution in [0.1, 0.15) is 45.1 Å². The van der Waals surface area contributed by atoms with E-state index in [4.69, 9.17) is 4.74 Å². The zero-order valence-electron chi connectivity index (χ0n) is 14.3. The summed E-state index contributed by atoms with van der Waals surface area (Å²) < 4.78 is 5.64. The first-order valence-corrected chi connectivity index (χ1v) is 8.58. The van der Waals surface area contributed by atoms with Gasteiger partial charge in [0.2, 0.25) is 0 Å². The number of esters is 1. The normalized spacial score (nSPS) is 30.8. The number of phenolic OH excluding ortho intramolecular Hbond substituents is 1. The van der Waals surface area contributed by atoms with E-state index in [0.717, 1.165) is 25.7 Å². The molecule has 126 valence electrons. The molecule has 3 nitrogen and oxygen atoms in total. The molecule has 1 aliphatic carbocycles. The molecule has 1 aromatic carbocycles. The summed E-state index contributed by atoms with van der Waals surface area (Å²) in [6, 6.07) is 7.08. The Balaban J connectivity index is 1.97. The minimum Gasteiger partial charge on any atom is -0.507 e. The van der Waals surface area contributed by atoms with Gasteiger partial charge in [0.05, 0.1) is 0 Å². The van der Waals surface area contributed by atoms with Crippen LogP contribution in [0.25, 0.3) is 6.08 Å². The Morgan fingerprint density at radius 3 is 2.75 bits per heavy atom. The molecule has 0 aromatic heterocycles. The molecule has 3 heteroatoms. The molecule has 0 amide bonds. The number of phenols is 1. The molecule has 0 spiro atoms. The molecule has 3 rings (SSSR count). The van der Waals surface area contributed by atoms with Gasteiger partial charge in [-0.15, -0.1) is 0 Å². The van der Waals surface area contributed by atoms with Gasteiger partial charge in [-0.05, 0) is 57.7 Å². The molecule has 0 unspecified atom stereocenters. The number of rotatable bonds is 1. The summed E-state index contributed by atoms with van der Waals surface area (Å²) in [6.07, 6.45) is 9.86. The standard InChI is InChI=1S/C21H24O3/c1-14-6-5-7-15(2)12-20-17(11-10-14)18(21(23)24-20)13-16-8-3-4-9-19(16)22/h3-4,6,8-9,12-13,17,20,22H,5,7,10-11H2,1-2H3/b14-6-,15-12-,18-13+/t17-,20-/m1/s1. The Kier molecular flexibility index (Phi) is 4.89. The van der Waals surface area contributed by atoms with Crippen LogP contribution in [0.4, 0.5) is 0 Å². The van der Waals surface area contributed by atoms with Gasteiger partial charge in [-0.1, -0.05) is 35.4 Å². The number of para-hydroxylation sites is 1. The molecule has 24 heavy (non-hydrogen) atoms. The molecular weight excluding hydrogens is 300 g/mol. The first-order valence-electron chi connectivity index (χ1n) is 8.58. The number of ether oxygens (including phenoxy) is 1. The van der Waals surface area contributed by atoms with Crippen molar-refractivity contribution in [1.29, 1.82) is 0 Å². The lowest BCUT2D eigenvalue weighted by atomic mass is 9.86. The van der Waals surface area contributed by atoms with Crippen LogP contribution < -0.4 is 0 Å². The maximum atomic E-state index is 12.4. The van der Waals surface area contributed by atoms with Crippen molar-refractivity contribution in [3.05, 3.63) is 58.7 Å². The maximum Gasteiger partial charge on any atom is 0.335 e. The topological polar surface area (TPSA) is 46.5 Å². The van der Waals surface area contributed by atoms with E-state index in [0.29, 0.717) is 11.1 Å². The second kappa shape index (κ2) is 7.08. The fourth-order valence-electron chi connectivity index (χ4n) is 3.41. The van der Waals surface area contributed by atoms with Crippen molar-refractivity contribution in [2.75, 3.05) is 0 Å². The molecule has 0 bridgehead atoms. The molecule has 1 fully saturated rings. The summed E-state index contributed by atoms with van der Waals surface area (Å²) in [5.41, 5.74) is 3.95. The molecule has 0 saturated carbocycles. The predicted octanol–water partition coefficient (Wildman–Crippen LogP) is 4.78. The summed E-state index contributed by atoms with van der Waals surface area (Å²) in [4.78, 5) is 12.4. The molecule has 0 radical (unpaired) electrons. The van der Waals surface area contributed by atoms with Crippen molar-refractivity contribution in [1.82, 2.24) is 0 Å². The van der Waals surface area contributed by atoms with E-state index >= 15 is 0 Å². The molecule has 1 saturated heterocycles. The first-order chi connectivity index (χ1) is 11.5. The van der Waals surface area contributed by atoms with Gasteiger partial charge in [-0.2, -0.15) is 0 Å². The van der Waals surface area contributed by atoms with E-state index < -0.39 is 0 Å². The largest absolute Gasteiger partial charge is 0.507 e. The van der Waals surface area contributed by atoms with Crippen molar-refractivity contribution in [2.24, 2.45) is 5.92 Å². The van der Waals surface area contributed by atoms with E-state index in [1.54, 1.807) is 18.2 Å². The van der Waals surface area contributed by atoms with E-state index in [1.165, 1.54) is 11.1 Å². The summed E-state index contributed by atoms with van der Waals surface area (Å²) in [7, 11) is 0. The van der Waals surface area contributed by atoms with Crippen LogP contribution in [0, 0.1) is 5.92 Å². The third kappa shape index (κ3) is 3.61. The zero-order chi connectivity index (χ0) is 17.1. The van der Waals surface area contributed by atoms with Crippen LogP contribution in [0.5, 0.6) is 5.75 Å². The van der Waals surface area contributed by atoms with Crippen LogP contribution in [0.15, 0.2) is 53.1 Å². The SMILES string of the molecule is C/C1=C/[C@H]2OC(=O)/C(=C/c3ccccc3O)[C@H]2CC/C(C)=C\CC1. The van der Waals surface area contributed by atoms with Crippen molar-refractivity contribution < 1.29 is 14.6 Å². The minimum atomic E-state index is -0.266. The Hall–Kier alpha value is -2.29. The van der Waals surface area contributed by atoms with Crippen molar-refractivity contribution in [2.45, 2.75) is 45.6 Å². The molecule has 1 N–H and O–H groups in total. The molecule has 1 aliphatic heterocycles. The van der Waals surface area contributed by atoms with Crippen molar-refractivity contribution >= 4 is 12.0 Å². The second-order valence-electron chi connectivity index (χ2n) is 6.78. The van der Waals surface area contributed by atoms with E-state index in [-0.39, 0.29) is 23.7 Å². The highest BCUT2D eigenvalue weighted by Crippen LogP contribution is 2.37. The van der Waals surface area contributed by atoms with Crippen LogP contribution in [0.2, 0.25) is 0 Å². The monoisotopic (exact) mass is 324 g/mol. The lowest BCUT2D eigenvalue weighted by Crippen LogP contribution is -2.15. The van der Waals surface area contributed by atoms with Gasteiger partial charge in [0.25, 0.3) is 0 Å². The lowest BCUT2D eigenvalue weighted by molar-refractivity contribution is -0.137. The Morgan fingerprint density at radius 1 is 1.17 bits per heavy atom. The summed E-state index contributed by atoms with van der Waals surface area (Å²) in [6.45, 7) is 4.25. The highest BCUT2D eigenvalue weighted by molar-refractivity contribution is 5.97. The Bertz CT molecular complexity index is 724. The number of fused-ring (bicyclic) bond motifs is 1. The number of carbonyl (C=O) groups excluding carboxylic acids is 1. The van der Waals surface area contributed by atoms with Crippen LogP contribution in [-0.2, 0) is 9.53 Å². The van der Waals surface area contributed by atoms with Crippen LogP contribution in [-0.4, -0.2) is 17.2 Å². The molecule has 2 aliphatic rings. The van der Waals surface area contributed by atoms with Gasteiger partial charge in [0, 0.05) is 17.1 Å². The van der Waals surface area contributed by atoms with E-state index in [1.807, 2.05) is 12.1 Å². The number of hydrogen-bond acceptors (Lipinski definition) is 3. The molecule has 1 heterocycles. The minimum absolute atomic E-state index is 0.0357. The number of benzene rings is 1. The third-order valence-electron chi connectivity index (χ3n) is 4.85. The number of aromatic hydroxyl groups is 1. The van der Waals surface area contributed by atoms with Crippen molar-refractivity contribution in [3.8, 4) is 5.75 Å². The molecule has 1 aromatic rings. The number of carbonyl (C=O) groups is 1. The van der Waals surface area contributed by atoms with Gasteiger partial charge in [-0.3, -0.25) is 0 Å². The average Bonchev–Trinajstić information content (AvgIpc) is 2.82. The Labute approximate surface area is 143 Å². The number of hydrogen-bond donors (Lipinski definition) is 1.